The van der Waals surface area contributed by atoms with Crippen LogP contribution in [0.1, 0.15) is 12.0 Å². The molecule has 0 radical (unpaired) electrons. The first-order chi connectivity index (χ1) is 8.97. The summed E-state index contributed by atoms with van der Waals surface area (Å²) >= 11 is 0. The van der Waals surface area contributed by atoms with E-state index in [0.717, 1.165) is 4.31 Å². The van der Waals surface area contributed by atoms with Gasteiger partial charge >= 0.3 is 0 Å². The zero-order valence-corrected chi connectivity index (χ0v) is 11.6. The molecule has 1 aliphatic heterocycles. The molecule has 0 aliphatic carbocycles. The molecule has 1 aliphatic rings. The molecule has 1 saturated heterocycles. The topological polar surface area (TPSA) is 72.9 Å². The van der Waals surface area contributed by atoms with Gasteiger partial charge in [0.2, 0.25) is 15.9 Å². The van der Waals surface area contributed by atoms with Gasteiger partial charge in [-0.15, -0.1) is 0 Å². The number of hydrogen-bond donors (Lipinski definition) is 0. The Kier molecular flexibility index (Phi) is 3.66. The first-order valence-corrected chi connectivity index (χ1v) is 7.33. The number of carbonyl (C=O) groups is 1. The van der Waals surface area contributed by atoms with Crippen LogP contribution < -0.4 is 9.47 Å². The van der Waals surface area contributed by atoms with Gasteiger partial charge in [-0.2, -0.15) is 0 Å². The van der Waals surface area contributed by atoms with E-state index in [0.29, 0.717) is 17.1 Å². The number of carbonyl (C=O) groups excluding carboxylic acids is 1. The molecule has 2 rings (SSSR count). The summed E-state index contributed by atoms with van der Waals surface area (Å²) in [5.41, 5.74) is 0.627. The minimum Gasteiger partial charge on any atom is -0.497 e. The summed E-state index contributed by atoms with van der Waals surface area (Å²) < 4.78 is 34.6. The number of methoxy groups -OCH3 is 2. The molecule has 0 bridgehead atoms. The van der Waals surface area contributed by atoms with Crippen LogP contribution in [0.15, 0.2) is 18.2 Å². The zero-order chi connectivity index (χ0) is 14.0. The minimum atomic E-state index is -3.48. The summed E-state index contributed by atoms with van der Waals surface area (Å²) in [7, 11) is -0.463. The predicted molar refractivity (Wildman–Crippen MR) is 68.5 cm³/mol. The third-order valence-corrected chi connectivity index (χ3v) is 4.72. The molecule has 0 atom stereocenters. The Morgan fingerprint density at radius 1 is 1.26 bits per heavy atom. The third-order valence-electron chi connectivity index (χ3n) is 3.00. The maximum Gasteiger partial charge on any atom is 0.238 e. The van der Waals surface area contributed by atoms with Gasteiger partial charge < -0.3 is 9.47 Å². The van der Waals surface area contributed by atoms with Crippen molar-refractivity contribution in [3.63, 3.8) is 0 Å². The molecule has 1 fully saturated rings. The fraction of sp³-hybridized carbons (Fsp3) is 0.417. The van der Waals surface area contributed by atoms with Crippen LogP contribution in [-0.4, -0.2) is 38.6 Å². The second-order valence-electron chi connectivity index (χ2n) is 4.14. The molecule has 7 heteroatoms. The molecule has 1 aromatic carbocycles. The van der Waals surface area contributed by atoms with Gasteiger partial charge in [0.1, 0.15) is 11.5 Å². The zero-order valence-electron chi connectivity index (χ0n) is 10.8. The highest BCUT2D eigenvalue weighted by molar-refractivity contribution is 7.90. The molecule has 1 heterocycles. The molecular weight excluding hydrogens is 270 g/mol. The van der Waals surface area contributed by atoms with E-state index in [1.54, 1.807) is 18.2 Å². The summed E-state index contributed by atoms with van der Waals surface area (Å²) in [4.78, 5) is 11.6. The smallest absolute Gasteiger partial charge is 0.238 e. The van der Waals surface area contributed by atoms with E-state index in [1.807, 2.05) is 0 Å². The van der Waals surface area contributed by atoms with Gasteiger partial charge in [0.25, 0.3) is 0 Å². The van der Waals surface area contributed by atoms with Gasteiger partial charge in [0.05, 0.1) is 26.5 Å². The molecular formula is C12H15NO5S. The fourth-order valence-corrected chi connectivity index (χ4v) is 3.32. The molecule has 104 valence electrons. The molecule has 0 aromatic heterocycles. The Bertz CT molecular complexity index is 596. The Balaban J connectivity index is 2.31. The first kappa shape index (κ1) is 13.7. The standard InChI is InChI=1S/C12H15NO5S/c1-17-10-4-3-9(11(7-10)18-2)8-13-12(14)5-6-19(13,15)16/h3-4,7H,5-6,8H2,1-2H3. The molecule has 19 heavy (non-hydrogen) atoms. The van der Waals surface area contributed by atoms with Crippen LogP contribution in [0.3, 0.4) is 0 Å². The molecule has 0 N–H and O–H groups in total. The summed E-state index contributed by atoms with van der Waals surface area (Å²) in [5, 5.41) is 0. The first-order valence-electron chi connectivity index (χ1n) is 5.72. The summed E-state index contributed by atoms with van der Waals surface area (Å²) in [6, 6.07) is 5.05. The van der Waals surface area contributed by atoms with Gasteiger partial charge in [0.15, 0.2) is 0 Å². The summed E-state index contributed by atoms with van der Waals surface area (Å²) in [5.74, 6) is 0.605. The maximum absolute atomic E-state index is 11.7. The van der Waals surface area contributed by atoms with Crippen LogP contribution in [0.5, 0.6) is 11.5 Å². The monoisotopic (exact) mass is 285 g/mol. The van der Waals surface area contributed by atoms with Gasteiger partial charge in [-0.25, -0.2) is 12.7 Å². The molecule has 0 unspecified atom stereocenters. The fourth-order valence-electron chi connectivity index (χ4n) is 1.93. The predicted octanol–water partition coefficient (Wildman–Crippen LogP) is 0.766. The van der Waals surface area contributed by atoms with Crippen molar-refractivity contribution in [1.82, 2.24) is 4.31 Å². The lowest BCUT2D eigenvalue weighted by molar-refractivity contribution is -0.125. The summed E-state index contributed by atoms with van der Waals surface area (Å²) in [6.07, 6.45) is 0.0425. The van der Waals surface area contributed by atoms with Crippen molar-refractivity contribution in [2.75, 3.05) is 20.0 Å². The third kappa shape index (κ3) is 2.65. The van der Waals surface area contributed by atoms with Crippen LogP contribution in [0.2, 0.25) is 0 Å². The quantitative estimate of drug-likeness (QED) is 0.817. The van der Waals surface area contributed by atoms with Crippen molar-refractivity contribution in [3.05, 3.63) is 23.8 Å². The number of rotatable bonds is 4. The van der Waals surface area contributed by atoms with Gasteiger partial charge in [-0.3, -0.25) is 4.79 Å². The van der Waals surface area contributed by atoms with Crippen LogP contribution in [0, 0.1) is 0 Å². The molecule has 0 spiro atoms. The van der Waals surface area contributed by atoms with Crippen LogP contribution in [-0.2, 0) is 21.4 Å². The number of hydrogen-bond acceptors (Lipinski definition) is 5. The van der Waals surface area contributed by atoms with E-state index in [2.05, 4.69) is 0 Å². The van der Waals surface area contributed by atoms with E-state index < -0.39 is 10.0 Å². The largest absolute Gasteiger partial charge is 0.497 e. The Morgan fingerprint density at radius 3 is 2.53 bits per heavy atom. The van der Waals surface area contributed by atoms with Gasteiger partial charge in [-0.1, -0.05) is 0 Å². The number of ether oxygens (including phenoxy) is 2. The van der Waals surface area contributed by atoms with E-state index >= 15 is 0 Å². The average molecular weight is 285 g/mol. The van der Waals surface area contributed by atoms with Crippen molar-refractivity contribution in [2.45, 2.75) is 13.0 Å². The molecule has 1 amide bonds. The highest BCUT2D eigenvalue weighted by atomic mass is 32.2. The van der Waals surface area contributed by atoms with E-state index in [1.165, 1.54) is 14.2 Å². The van der Waals surface area contributed by atoms with Crippen LogP contribution in [0.25, 0.3) is 0 Å². The second-order valence-corrected chi connectivity index (χ2v) is 6.16. The normalized spacial score (nSPS) is 17.6. The van der Waals surface area contributed by atoms with Crippen molar-refractivity contribution in [3.8, 4) is 11.5 Å². The minimum absolute atomic E-state index is 0.00562. The number of nitrogens with zero attached hydrogens (tertiary/aromatic N) is 1. The Morgan fingerprint density at radius 2 is 2.00 bits per heavy atom. The van der Waals surface area contributed by atoms with Crippen molar-refractivity contribution >= 4 is 15.9 Å². The molecule has 0 saturated carbocycles. The van der Waals surface area contributed by atoms with Crippen molar-refractivity contribution in [1.29, 1.82) is 0 Å². The van der Waals surface area contributed by atoms with Gasteiger partial charge in [-0.05, 0) is 12.1 Å². The second kappa shape index (κ2) is 5.08. The van der Waals surface area contributed by atoms with Crippen LogP contribution in [0.4, 0.5) is 0 Å². The van der Waals surface area contributed by atoms with Crippen molar-refractivity contribution in [2.24, 2.45) is 0 Å². The summed E-state index contributed by atoms with van der Waals surface area (Å²) in [6.45, 7) is -0.00562. The lowest BCUT2D eigenvalue weighted by Gasteiger charge is -2.17. The van der Waals surface area contributed by atoms with Crippen molar-refractivity contribution < 1.29 is 22.7 Å². The highest BCUT2D eigenvalue weighted by Crippen LogP contribution is 2.28. The van der Waals surface area contributed by atoms with E-state index in [4.69, 9.17) is 9.47 Å². The molecule has 1 aromatic rings. The number of amides is 1. The Hall–Kier alpha value is -1.76. The lowest BCUT2D eigenvalue weighted by atomic mass is 10.2. The van der Waals surface area contributed by atoms with E-state index in [-0.39, 0.29) is 24.6 Å². The number of benzene rings is 1. The van der Waals surface area contributed by atoms with Crippen LogP contribution >= 0.6 is 0 Å². The molecule has 6 nitrogen and oxygen atoms in total. The average Bonchev–Trinajstić information content (AvgIpc) is 2.66. The van der Waals surface area contributed by atoms with E-state index in [9.17, 15) is 13.2 Å². The van der Waals surface area contributed by atoms with Gasteiger partial charge in [0, 0.05) is 18.1 Å². The highest BCUT2D eigenvalue weighted by Gasteiger charge is 2.35. The SMILES string of the molecule is COc1ccc(CN2C(=O)CCS2(=O)=O)c(OC)c1. The number of sulfonamides is 1. The maximum atomic E-state index is 11.7. The lowest BCUT2D eigenvalue weighted by Crippen LogP contribution is -2.29. The Labute approximate surface area is 112 Å².